The van der Waals surface area contributed by atoms with Crippen molar-refractivity contribution in [2.45, 2.75) is 63.6 Å². The fourth-order valence-corrected chi connectivity index (χ4v) is 5.78. The molecular weight excluding hydrogens is 396 g/mol. The Kier molecular flexibility index (Phi) is 7.59. The van der Waals surface area contributed by atoms with Gasteiger partial charge >= 0.3 is 0 Å². The highest BCUT2D eigenvalue weighted by Gasteiger charge is 2.48. The largest absolute Gasteiger partial charge is 0.497 e. The number of benzene rings is 1. The minimum absolute atomic E-state index is 0.119. The second-order valence-corrected chi connectivity index (χ2v) is 9.55. The third kappa shape index (κ3) is 5.39. The molecule has 4 rings (SSSR count). The van der Waals surface area contributed by atoms with Crippen LogP contribution in [0, 0.1) is 11.8 Å². The van der Waals surface area contributed by atoms with E-state index in [1.54, 1.807) is 21.0 Å². The molecule has 1 aromatic carbocycles. The highest BCUT2D eigenvalue weighted by molar-refractivity contribution is 5.84. The molecule has 3 aliphatic heterocycles. The first-order valence-corrected chi connectivity index (χ1v) is 11.3. The number of carbonyl (C=O) groups is 2. The van der Waals surface area contributed by atoms with Crippen molar-refractivity contribution in [1.82, 2.24) is 9.80 Å². The van der Waals surface area contributed by atoms with Crippen LogP contribution in [-0.4, -0.2) is 76.8 Å². The van der Waals surface area contributed by atoms with E-state index in [1.165, 1.54) is 37.8 Å². The summed E-state index contributed by atoms with van der Waals surface area (Å²) >= 11 is 0. The van der Waals surface area contributed by atoms with Gasteiger partial charge in [-0.05, 0) is 75.6 Å². The minimum Gasteiger partial charge on any atom is -0.497 e. The molecule has 0 aliphatic carbocycles. The van der Waals surface area contributed by atoms with E-state index in [-0.39, 0.29) is 12.4 Å². The number of piperidine rings is 3. The average molecular weight is 433 g/mol. The van der Waals surface area contributed by atoms with Crippen molar-refractivity contribution in [3.05, 3.63) is 29.8 Å². The monoisotopic (exact) mass is 432 g/mol. The molecule has 2 bridgehead atoms. The highest BCUT2D eigenvalue weighted by atomic mass is 16.5. The summed E-state index contributed by atoms with van der Waals surface area (Å²) in [5, 5.41) is 17.2. The minimum atomic E-state index is -1.29. The summed E-state index contributed by atoms with van der Waals surface area (Å²) in [7, 11) is 1.71. The Labute approximate surface area is 185 Å². The summed E-state index contributed by atoms with van der Waals surface area (Å²) in [6.45, 7) is 5.70. The first-order chi connectivity index (χ1) is 14.8. The maximum atomic E-state index is 12.8. The predicted octanol–water partition coefficient (Wildman–Crippen LogP) is 2.41. The summed E-state index contributed by atoms with van der Waals surface area (Å²) in [5.74, 6) is 1.79. The molecule has 2 N–H and O–H groups in total. The van der Waals surface area contributed by atoms with Crippen LogP contribution in [0.5, 0.6) is 5.75 Å². The Balaban J connectivity index is 0.000000858. The number of methoxy groups -OCH3 is 1. The van der Waals surface area contributed by atoms with Crippen LogP contribution in [-0.2, 0) is 16.0 Å². The molecule has 0 aromatic heterocycles. The lowest BCUT2D eigenvalue weighted by Gasteiger charge is -2.57. The van der Waals surface area contributed by atoms with Gasteiger partial charge in [-0.1, -0.05) is 18.6 Å². The van der Waals surface area contributed by atoms with Gasteiger partial charge < -0.3 is 19.8 Å². The van der Waals surface area contributed by atoms with Gasteiger partial charge in [-0.2, -0.15) is 0 Å². The SMILES string of the molecule is COc1cccc(C[C@H]2[C@H]3C[C@H](CN(C(=O)C(C)(C)O)C3)[C@@H]3CCCCN32)c1.O=CO. The first kappa shape index (κ1) is 23.5. The molecule has 31 heavy (non-hydrogen) atoms. The van der Waals surface area contributed by atoms with Gasteiger partial charge in [0.25, 0.3) is 12.4 Å². The summed E-state index contributed by atoms with van der Waals surface area (Å²) in [6.07, 6.45) is 5.99. The number of hydrogen-bond donors (Lipinski definition) is 2. The number of fused-ring (bicyclic) bond motifs is 4. The van der Waals surface area contributed by atoms with Crippen LogP contribution in [0.3, 0.4) is 0 Å². The molecule has 0 saturated carbocycles. The van der Waals surface area contributed by atoms with Crippen LogP contribution in [0.15, 0.2) is 24.3 Å². The van der Waals surface area contributed by atoms with E-state index < -0.39 is 5.60 Å². The molecule has 172 valence electrons. The van der Waals surface area contributed by atoms with E-state index in [2.05, 4.69) is 23.1 Å². The summed E-state index contributed by atoms with van der Waals surface area (Å²) in [4.78, 5) is 25.9. The lowest BCUT2D eigenvalue weighted by Crippen LogP contribution is -2.65. The van der Waals surface area contributed by atoms with E-state index in [0.29, 0.717) is 23.9 Å². The van der Waals surface area contributed by atoms with Crippen molar-refractivity contribution in [3.63, 3.8) is 0 Å². The van der Waals surface area contributed by atoms with E-state index >= 15 is 0 Å². The van der Waals surface area contributed by atoms with Gasteiger partial charge in [0.2, 0.25) is 0 Å². The number of aliphatic hydroxyl groups is 1. The second kappa shape index (κ2) is 10.0. The number of hydrogen-bond acceptors (Lipinski definition) is 5. The van der Waals surface area contributed by atoms with E-state index in [9.17, 15) is 9.90 Å². The van der Waals surface area contributed by atoms with Crippen LogP contribution in [0.25, 0.3) is 0 Å². The van der Waals surface area contributed by atoms with Gasteiger partial charge in [0, 0.05) is 25.2 Å². The van der Waals surface area contributed by atoms with Gasteiger partial charge in [-0.15, -0.1) is 0 Å². The zero-order chi connectivity index (χ0) is 22.6. The van der Waals surface area contributed by atoms with Crippen LogP contribution in [0.4, 0.5) is 0 Å². The van der Waals surface area contributed by atoms with Gasteiger partial charge in [0.05, 0.1) is 7.11 Å². The maximum absolute atomic E-state index is 12.8. The lowest BCUT2D eigenvalue weighted by atomic mass is 9.70. The molecule has 1 amide bonds. The molecule has 3 heterocycles. The van der Waals surface area contributed by atoms with Gasteiger partial charge in [-0.3, -0.25) is 14.5 Å². The second-order valence-electron chi connectivity index (χ2n) is 9.55. The molecule has 4 atom stereocenters. The van der Waals surface area contributed by atoms with Crippen LogP contribution < -0.4 is 4.74 Å². The molecular formula is C24H36N2O5. The smallest absolute Gasteiger partial charge is 0.290 e. The van der Waals surface area contributed by atoms with E-state index in [1.807, 2.05) is 11.0 Å². The van der Waals surface area contributed by atoms with Gasteiger partial charge in [-0.25, -0.2) is 0 Å². The molecule has 3 saturated heterocycles. The van der Waals surface area contributed by atoms with E-state index in [0.717, 1.165) is 25.3 Å². The van der Waals surface area contributed by atoms with E-state index in [4.69, 9.17) is 14.6 Å². The third-order valence-electron chi connectivity index (χ3n) is 7.01. The third-order valence-corrected chi connectivity index (χ3v) is 7.01. The lowest BCUT2D eigenvalue weighted by molar-refractivity contribution is -0.156. The Morgan fingerprint density at radius 1 is 1.26 bits per heavy atom. The van der Waals surface area contributed by atoms with Crippen molar-refractivity contribution in [3.8, 4) is 5.75 Å². The van der Waals surface area contributed by atoms with Crippen molar-refractivity contribution >= 4 is 12.4 Å². The molecule has 7 nitrogen and oxygen atoms in total. The molecule has 0 unspecified atom stereocenters. The summed E-state index contributed by atoms with van der Waals surface area (Å²) in [6, 6.07) is 9.42. The zero-order valence-corrected chi connectivity index (χ0v) is 18.9. The first-order valence-electron chi connectivity index (χ1n) is 11.3. The molecule has 3 aliphatic rings. The number of carboxylic acid groups (broad SMARTS) is 1. The maximum Gasteiger partial charge on any atom is 0.290 e. The average Bonchev–Trinajstić information content (AvgIpc) is 2.76. The molecule has 3 fully saturated rings. The summed E-state index contributed by atoms with van der Waals surface area (Å²) < 4.78 is 5.42. The number of amides is 1. The highest BCUT2D eigenvalue weighted by Crippen LogP contribution is 2.42. The number of likely N-dealkylation sites (tertiary alicyclic amines) is 1. The predicted molar refractivity (Wildman–Crippen MR) is 118 cm³/mol. The van der Waals surface area contributed by atoms with Gasteiger partial charge in [0.1, 0.15) is 11.4 Å². The number of nitrogens with zero attached hydrogens (tertiary/aromatic N) is 2. The van der Waals surface area contributed by atoms with Crippen LogP contribution >= 0.6 is 0 Å². The van der Waals surface area contributed by atoms with Crippen LogP contribution in [0.1, 0.15) is 45.1 Å². The fourth-order valence-electron chi connectivity index (χ4n) is 5.78. The van der Waals surface area contributed by atoms with Gasteiger partial charge in [0.15, 0.2) is 0 Å². The van der Waals surface area contributed by atoms with Crippen molar-refractivity contribution in [2.75, 3.05) is 26.7 Å². The Morgan fingerprint density at radius 3 is 2.65 bits per heavy atom. The fraction of sp³-hybridized carbons (Fsp3) is 0.667. The topological polar surface area (TPSA) is 90.3 Å². The van der Waals surface area contributed by atoms with Crippen molar-refractivity contribution in [1.29, 1.82) is 0 Å². The molecule has 1 aromatic rings. The summed E-state index contributed by atoms with van der Waals surface area (Å²) in [5.41, 5.74) is 0.0123. The van der Waals surface area contributed by atoms with Crippen LogP contribution in [0.2, 0.25) is 0 Å². The Morgan fingerprint density at radius 2 is 1.97 bits per heavy atom. The Hall–Kier alpha value is -2.12. The molecule has 7 heteroatoms. The standard InChI is InChI=1S/C23H34N2O3.CH2O2/c1-23(2,27)22(26)24-14-17-13-18(15-24)21(25-10-5-4-9-20(17)25)12-16-7-6-8-19(11-16)28-3;2-1-3/h6-8,11,17-18,20-21,27H,4-5,9-10,12-15H2,1-3H3;1H,(H,2,3)/t17-,18+,20+,21+;/m1./s1. The molecule has 0 radical (unpaired) electrons. The zero-order valence-electron chi connectivity index (χ0n) is 18.9. The quantitative estimate of drug-likeness (QED) is 0.710. The normalized spacial score (nSPS) is 28.1. The van der Waals surface area contributed by atoms with Crippen molar-refractivity contribution < 1.29 is 24.5 Å². The number of carbonyl (C=O) groups excluding carboxylic acids is 1. The molecule has 0 spiro atoms. The Bertz CT molecular complexity index is 763. The number of rotatable bonds is 4. The van der Waals surface area contributed by atoms with Crippen molar-refractivity contribution in [2.24, 2.45) is 11.8 Å². The number of ether oxygens (including phenoxy) is 1.